The SMILES string of the molecule is C[C@@H](O)C(Oc1ccc2sc(-c3ccccc3)nc2c1)N1CCN(CCn2cc(-c3ccccc3)cn2)CC1. The molecule has 0 amide bonds. The van der Waals surface area contributed by atoms with Gasteiger partial charge in [0.25, 0.3) is 0 Å². The summed E-state index contributed by atoms with van der Waals surface area (Å²) in [5, 5.41) is 16.2. The number of nitrogens with zero attached hydrogens (tertiary/aromatic N) is 5. The van der Waals surface area contributed by atoms with Gasteiger partial charge in [0.1, 0.15) is 16.9 Å². The molecule has 0 saturated carbocycles. The molecule has 1 fully saturated rings. The molecule has 3 heterocycles. The molecule has 3 aromatic carbocycles. The third-order valence-corrected chi connectivity index (χ3v) is 8.29. The molecular formula is C31H33N5O2S. The summed E-state index contributed by atoms with van der Waals surface area (Å²) in [5.41, 5.74) is 4.36. The van der Waals surface area contributed by atoms with E-state index in [-0.39, 0.29) is 0 Å². The summed E-state index contributed by atoms with van der Waals surface area (Å²) in [6.45, 7) is 7.10. The Hall–Kier alpha value is -3.56. The number of aliphatic hydroxyl groups is 1. The number of thiazole rings is 1. The Labute approximate surface area is 232 Å². The van der Waals surface area contributed by atoms with E-state index in [1.165, 1.54) is 5.56 Å². The molecule has 0 aliphatic carbocycles. The van der Waals surface area contributed by atoms with Crippen LogP contribution in [0.5, 0.6) is 5.75 Å². The molecule has 200 valence electrons. The maximum atomic E-state index is 10.6. The summed E-state index contributed by atoms with van der Waals surface area (Å²) in [5.74, 6) is 0.730. The highest BCUT2D eigenvalue weighted by Gasteiger charge is 2.29. The summed E-state index contributed by atoms with van der Waals surface area (Å²) in [6, 6.07) is 26.6. The number of piperazine rings is 1. The Bertz CT molecular complexity index is 1490. The van der Waals surface area contributed by atoms with Gasteiger partial charge in [-0.25, -0.2) is 4.98 Å². The van der Waals surface area contributed by atoms with Crippen LogP contribution < -0.4 is 4.74 Å². The molecule has 0 bridgehead atoms. The first-order valence-electron chi connectivity index (χ1n) is 13.5. The first-order chi connectivity index (χ1) is 19.1. The lowest BCUT2D eigenvalue weighted by molar-refractivity contribution is -0.0746. The molecule has 2 aromatic heterocycles. The molecule has 0 radical (unpaired) electrons. The van der Waals surface area contributed by atoms with Crippen molar-refractivity contribution in [1.82, 2.24) is 24.6 Å². The molecule has 39 heavy (non-hydrogen) atoms. The quantitative estimate of drug-likeness (QED) is 0.277. The molecular weight excluding hydrogens is 506 g/mol. The van der Waals surface area contributed by atoms with Crippen molar-refractivity contribution in [2.75, 3.05) is 32.7 Å². The Morgan fingerprint density at radius 2 is 1.59 bits per heavy atom. The second-order valence-electron chi connectivity index (χ2n) is 10.00. The standard InChI is InChI=1S/C31H33N5O2S/c1-23(37)31(38-27-12-13-29-28(20-27)33-30(39-29)25-10-6-3-7-11-25)35-17-14-34(15-18-35)16-19-36-22-26(21-32-36)24-8-4-2-5-9-24/h2-13,20-23,31,37H,14-19H2,1H3/t23-,31?/m1/s1. The van der Waals surface area contributed by atoms with E-state index in [1.54, 1.807) is 18.3 Å². The minimum absolute atomic E-state index is 0.406. The minimum atomic E-state index is -0.622. The van der Waals surface area contributed by atoms with Crippen LogP contribution in [0.1, 0.15) is 6.92 Å². The van der Waals surface area contributed by atoms with Crippen molar-refractivity contribution < 1.29 is 9.84 Å². The van der Waals surface area contributed by atoms with Crippen LogP contribution in [0.15, 0.2) is 91.3 Å². The molecule has 1 aliphatic heterocycles. The zero-order valence-electron chi connectivity index (χ0n) is 22.1. The van der Waals surface area contributed by atoms with Crippen molar-refractivity contribution >= 4 is 21.6 Å². The Morgan fingerprint density at radius 1 is 0.872 bits per heavy atom. The summed E-state index contributed by atoms with van der Waals surface area (Å²) < 4.78 is 9.50. The second-order valence-corrected chi connectivity index (χ2v) is 11.0. The van der Waals surface area contributed by atoms with Crippen molar-refractivity contribution in [2.24, 2.45) is 0 Å². The summed E-state index contributed by atoms with van der Waals surface area (Å²) in [6.07, 6.45) is 3.02. The lowest BCUT2D eigenvalue weighted by Crippen LogP contribution is -2.55. The summed E-state index contributed by atoms with van der Waals surface area (Å²) in [4.78, 5) is 9.52. The predicted molar refractivity (Wildman–Crippen MR) is 157 cm³/mol. The molecule has 1 unspecified atom stereocenters. The number of ether oxygens (including phenoxy) is 1. The van der Waals surface area contributed by atoms with Crippen LogP contribution in [0.3, 0.4) is 0 Å². The van der Waals surface area contributed by atoms with E-state index in [4.69, 9.17) is 9.72 Å². The molecule has 0 spiro atoms. The van der Waals surface area contributed by atoms with E-state index >= 15 is 0 Å². The number of aliphatic hydroxyl groups excluding tert-OH is 1. The molecule has 6 rings (SSSR count). The normalized spacial score (nSPS) is 16.4. The van der Waals surface area contributed by atoms with Gasteiger partial charge in [0.05, 0.1) is 23.0 Å². The lowest BCUT2D eigenvalue weighted by atomic mass is 10.1. The van der Waals surface area contributed by atoms with Crippen molar-refractivity contribution in [2.45, 2.75) is 25.8 Å². The highest BCUT2D eigenvalue weighted by molar-refractivity contribution is 7.21. The third kappa shape index (κ3) is 6.04. The van der Waals surface area contributed by atoms with Gasteiger partial charge < -0.3 is 9.84 Å². The maximum Gasteiger partial charge on any atom is 0.178 e. The fraction of sp³-hybridized carbons (Fsp3) is 0.290. The van der Waals surface area contributed by atoms with E-state index in [0.717, 1.165) is 71.4 Å². The Kier molecular flexibility index (Phi) is 7.69. The van der Waals surface area contributed by atoms with Gasteiger partial charge in [0.2, 0.25) is 0 Å². The second kappa shape index (κ2) is 11.7. The number of hydrogen-bond donors (Lipinski definition) is 1. The van der Waals surface area contributed by atoms with Gasteiger partial charge >= 0.3 is 0 Å². The highest BCUT2D eigenvalue weighted by Crippen LogP contribution is 2.32. The monoisotopic (exact) mass is 539 g/mol. The predicted octanol–water partition coefficient (Wildman–Crippen LogP) is 5.23. The minimum Gasteiger partial charge on any atom is -0.472 e. The first-order valence-corrected chi connectivity index (χ1v) is 14.3. The van der Waals surface area contributed by atoms with Gasteiger partial charge in [-0.15, -0.1) is 11.3 Å². The van der Waals surface area contributed by atoms with Gasteiger partial charge in [-0.3, -0.25) is 14.5 Å². The third-order valence-electron chi connectivity index (χ3n) is 7.20. The fourth-order valence-corrected chi connectivity index (χ4v) is 6.00. The molecule has 8 heteroatoms. The number of benzene rings is 3. The molecule has 1 aliphatic rings. The Balaban J connectivity index is 1.05. The van der Waals surface area contributed by atoms with E-state index in [0.29, 0.717) is 0 Å². The molecule has 1 N–H and O–H groups in total. The Morgan fingerprint density at radius 3 is 2.31 bits per heavy atom. The fourth-order valence-electron chi connectivity index (χ4n) is 5.05. The average molecular weight is 540 g/mol. The van der Waals surface area contributed by atoms with Crippen LogP contribution in [0.2, 0.25) is 0 Å². The van der Waals surface area contributed by atoms with Crippen LogP contribution in [-0.4, -0.2) is 74.7 Å². The summed E-state index contributed by atoms with van der Waals surface area (Å²) in [7, 11) is 0. The average Bonchev–Trinajstić information content (AvgIpc) is 3.63. The highest BCUT2D eigenvalue weighted by atomic mass is 32.1. The maximum absolute atomic E-state index is 10.6. The van der Waals surface area contributed by atoms with Crippen LogP contribution in [-0.2, 0) is 6.54 Å². The van der Waals surface area contributed by atoms with E-state index in [1.807, 2.05) is 47.3 Å². The summed E-state index contributed by atoms with van der Waals surface area (Å²) >= 11 is 1.68. The number of aromatic nitrogens is 3. The van der Waals surface area contributed by atoms with Crippen molar-refractivity contribution in [3.63, 3.8) is 0 Å². The van der Waals surface area contributed by atoms with Crippen molar-refractivity contribution in [3.8, 4) is 27.4 Å². The molecule has 5 aromatic rings. The van der Waals surface area contributed by atoms with Crippen molar-refractivity contribution in [3.05, 3.63) is 91.3 Å². The smallest absolute Gasteiger partial charge is 0.178 e. The van der Waals surface area contributed by atoms with E-state index in [9.17, 15) is 5.11 Å². The van der Waals surface area contributed by atoms with Crippen LogP contribution in [0.25, 0.3) is 31.9 Å². The van der Waals surface area contributed by atoms with Gasteiger partial charge in [0, 0.05) is 56.1 Å². The van der Waals surface area contributed by atoms with Crippen LogP contribution >= 0.6 is 11.3 Å². The van der Waals surface area contributed by atoms with Crippen LogP contribution in [0, 0.1) is 0 Å². The first kappa shape index (κ1) is 25.7. The zero-order valence-corrected chi connectivity index (χ0v) is 22.9. The largest absolute Gasteiger partial charge is 0.472 e. The van der Waals surface area contributed by atoms with Crippen molar-refractivity contribution in [1.29, 1.82) is 0 Å². The number of fused-ring (bicyclic) bond motifs is 1. The zero-order chi connectivity index (χ0) is 26.6. The molecule has 7 nitrogen and oxygen atoms in total. The molecule has 1 saturated heterocycles. The van der Waals surface area contributed by atoms with E-state index < -0.39 is 12.3 Å². The van der Waals surface area contributed by atoms with Crippen LogP contribution in [0.4, 0.5) is 0 Å². The lowest BCUT2D eigenvalue weighted by Gasteiger charge is -2.40. The molecule has 2 atom stereocenters. The topological polar surface area (TPSA) is 66.7 Å². The number of hydrogen-bond acceptors (Lipinski definition) is 7. The van der Waals surface area contributed by atoms with Gasteiger partial charge in [-0.05, 0) is 24.6 Å². The van der Waals surface area contributed by atoms with Gasteiger partial charge in [0.15, 0.2) is 6.23 Å². The van der Waals surface area contributed by atoms with Gasteiger partial charge in [-0.1, -0.05) is 60.7 Å². The number of rotatable bonds is 9. The van der Waals surface area contributed by atoms with Gasteiger partial charge in [-0.2, -0.15) is 5.10 Å². The van der Waals surface area contributed by atoms with E-state index in [2.05, 4.69) is 63.6 Å².